The number of ether oxygens (including phenoxy) is 2. The van der Waals surface area contributed by atoms with Crippen LogP contribution in [0.1, 0.15) is 19.0 Å². The summed E-state index contributed by atoms with van der Waals surface area (Å²) in [4.78, 5) is 22.8. The lowest BCUT2D eigenvalue weighted by Crippen LogP contribution is -2.17. The molecule has 9 nitrogen and oxygen atoms in total. The second-order valence-electron chi connectivity index (χ2n) is 8.92. The lowest BCUT2D eigenvalue weighted by Gasteiger charge is -2.21. The molecule has 10 heteroatoms. The summed E-state index contributed by atoms with van der Waals surface area (Å²) in [6.07, 6.45) is 1.50. The second kappa shape index (κ2) is 10.1. The minimum Gasteiger partial charge on any atom is -0.494 e. The number of carbonyl (C=O) groups is 1. The molecule has 4 aromatic rings. The maximum absolute atomic E-state index is 15.2. The van der Waals surface area contributed by atoms with Gasteiger partial charge < -0.3 is 29.6 Å². The number of nitrogens with one attached hydrogen (secondary N) is 2. The van der Waals surface area contributed by atoms with Crippen molar-refractivity contribution in [3.63, 3.8) is 0 Å². The summed E-state index contributed by atoms with van der Waals surface area (Å²) >= 11 is 0. The van der Waals surface area contributed by atoms with E-state index in [-0.39, 0.29) is 17.5 Å². The maximum atomic E-state index is 15.2. The highest BCUT2D eigenvalue weighted by Gasteiger charge is 2.25. The van der Waals surface area contributed by atoms with Gasteiger partial charge in [0.05, 0.1) is 49.3 Å². The molecule has 0 fully saturated rings. The van der Waals surface area contributed by atoms with Crippen LogP contribution in [0.2, 0.25) is 0 Å². The minimum atomic E-state index is -0.527. The molecular weight excluding hydrogens is 475 g/mol. The van der Waals surface area contributed by atoms with E-state index >= 15 is 4.39 Å². The molecule has 1 aliphatic heterocycles. The van der Waals surface area contributed by atoms with Crippen molar-refractivity contribution in [2.24, 2.45) is 0 Å². The van der Waals surface area contributed by atoms with Gasteiger partial charge in [-0.05, 0) is 12.1 Å². The van der Waals surface area contributed by atoms with Crippen LogP contribution in [0.4, 0.5) is 27.4 Å². The molecule has 2 aromatic heterocycles. The molecule has 0 spiro atoms. The Hall–Kier alpha value is -4.18. The Morgan fingerprint density at radius 1 is 1.24 bits per heavy atom. The van der Waals surface area contributed by atoms with Crippen molar-refractivity contribution in [3.8, 4) is 17.0 Å². The normalized spacial score (nSPS) is 12.8. The molecule has 2 aromatic carbocycles. The number of carbonyl (C=O) groups excluding carboxylic acids is 1. The van der Waals surface area contributed by atoms with Crippen molar-refractivity contribution in [2.45, 2.75) is 26.5 Å². The fourth-order valence-corrected chi connectivity index (χ4v) is 4.62. The number of hydrogen-bond donors (Lipinski definition) is 2. The van der Waals surface area contributed by atoms with Crippen LogP contribution < -0.4 is 20.3 Å². The van der Waals surface area contributed by atoms with Gasteiger partial charge in [0.25, 0.3) is 0 Å². The monoisotopic (exact) mass is 504 g/mol. The van der Waals surface area contributed by atoms with Crippen molar-refractivity contribution in [3.05, 3.63) is 54.1 Å². The van der Waals surface area contributed by atoms with Crippen LogP contribution in [0.5, 0.6) is 5.75 Å². The third-order valence-corrected chi connectivity index (χ3v) is 6.40. The maximum Gasteiger partial charge on any atom is 0.228 e. The molecule has 0 saturated carbocycles. The van der Waals surface area contributed by atoms with Crippen LogP contribution in [-0.2, 0) is 22.7 Å². The first-order valence-corrected chi connectivity index (χ1v) is 12.1. The van der Waals surface area contributed by atoms with Crippen LogP contribution in [0.25, 0.3) is 22.2 Å². The molecule has 2 N–H and O–H groups in total. The average Bonchev–Trinajstić information content (AvgIpc) is 3.24. The zero-order valence-corrected chi connectivity index (χ0v) is 21.3. The number of halogens is 1. The topological polar surface area (TPSA) is 93.5 Å². The van der Waals surface area contributed by atoms with E-state index in [0.717, 1.165) is 28.5 Å². The Kier molecular flexibility index (Phi) is 6.66. The van der Waals surface area contributed by atoms with Crippen LogP contribution in [0.3, 0.4) is 0 Å². The highest BCUT2D eigenvalue weighted by atomic mass is 19.1. The van der Waals surface area contributed by atoms with Crippen LogP contribution in [0.15, 0.2) is 42.6 Å². The smallest absolute Gasteiger partial charge is 0.228 e. The summed E-state index contributed by atoms with van der Waals surface area (Å²) in [6, 6.07) is 11.5. The summed E-state index contributed by atoms with van der Waals surface area (Å²) < 4.78 is 28.7. The van der Waals surface area contributed by atoms with Crippen LogP contribution >= 0.6 is 0 Å². The van der Waals surface area contributed by atoms with E-state index in [1.807, 2.05) is 49.3 Å². The van der Waals surface area contributed by atoms with Crippen molar-refractivity contribution in [2.75, 3.05) is 43.3 Å². The summed E-state index contributed by atoms with van der Waals surface area (Å²) in [5.74, 6) is 0.0711. The van der Waals surface area contributed by atoms with Gasteiger partial charge in [-0.1, -0.05) is 25.1 Å². The molecule has 37 heavy (non-hydrogen) atoms. The predicted octanol–water partition coefficient (Wildman–Crippen LogP) is 4.93. The molecule has 1 amide bonds. The Morgan fingerprint density at radius 2 is 2.05 bits per heavy atom. The first kappa shape index (κ1) is 24.5. The highest BCUT2D eigenvalue weighted by molar-refractivity contribution is 5.98. The van der Waals surface area contributed by atoms with Gasteiger partial charge in [0, 0.05) is 49.6 Å². The van der Waals surface area contributed by atoms with Gasteiger partial charge in [0.1, 0.15) is 11.4 Å². The molecule has 0 unspecified atom stereocenters. The molecule has 192 valence electrons. The van der Waals surface area contributed by atoms with Gasteiger partial charge in [0.15, 0.2) is 5.82 Å². The third-order valence-electron chi connectivity index (χ3n) is 6.40. The van der Waals surface area contributed by atoms with E-state index in [0.29, 0.717) is 48.9 Å². The Bertz CT molecular complexity index is 1480. The standard InChI is InChI=1S/C27H29FN6O3/c1-5-24(35)30-18-12-19(23(36-4)13-21(18)33(2)3)31-27-29-14-17(28)26(32-27)25-16-8-6-7-9-20(16)34-10-11-37-15-22(25)34/h6-9,12-14H,5,10-11,15H2,1-4H3,(H,30,35)(H,29,31,32). The average molecular weight is 505 g/mol. The van der Waals surface area contributed by atoms with Crippen LogP contribution in [0, 0.1) is 5.82 Å². The molecule has 1 aliphatic rings. The van der Waals surface area contributed by atoms with E-state index < -0.39 is 5.82 Å². The molecule has 3 heterocycles. The van der Waals surface area contributed by atoms with E-state index in [9.17, 15) is 4.79 Å². The zero-order chi connectivity index (χ0) is 26.1. The molecule has 0 bridgehead atoms. The van der Waals surface area contributed by atoms with E-state index in [4.69, 9.17) is 9.47 Å². The quantitative estimate of drug-likeness (QED) is 0.368. The first-order chi connectivity index (χ1) is 17.9. The Balaban J connectivity index is 1.59. The van der Waals surface area contributed by atoms with Gasteiger partial charge in [0.2, 0.25) is 11.9 Å². The first-order valence-electron chi connectivity index (χ1n) is 12.1. The van der Waals surface area contributed by atoms with Crippen molar-refractivity contribution in [1.82, 2.24) is 14.5 Å². The number of benzene rings is 2. The van der Waals surface area contributed by atoms with Gasteiger partial charge in [-0.25, -0.2) is 14.4 Å². The fourth-order valence-electron chi connectivity index (χ4n) is 4.62. The predicted molar refractivity (Wildman–Crippen MR) is 142 cm³/mol. The number of amides is 1. The lowest BCUT2D eigenvalue weighted by molar-refractivity contribution is -0.115. The zero-order valence-electron chi connectivity index (χ0n) is 21.3. The highest BCUT2D eigenvalue weighted by Crippen LogP contribution is 2.39. The molecular formula is C27H29FN6O3. The number of fused-ring (bicyclic) bond motifs is 3. The summed E-state index contributed by atoms with van der Waals surface area (Å²) in [7, 11) is 5.32. The molecule has 0 atom stereocenters. The SMILES string of the molecule is CCC(=O)Nc1cc(Nc2ncc(F)c(-c3c4n(c5ccccc35)CCOC4)n2)c(OC)cc1N(C)C. The van der Waals surface area contributed by atoms with Gasteiger partial charge in [-0.2, -0.15) is 0 Å². The van der Waals surface area contributed by atoms with Gasteiger partial charge in [-0.3, -0.25) is 4.79 Å². The van der Waals surface area contributed by atoms with Gasteiger partial charge in [-0.15, -0.1) is 0 Å². The van der Waals surface area contributed by atoms with Crippen LogP contribution in [-0.4, -0.2) is 48.3 Å². The molecule has 0 saturated heterocycles. The minimum absolute atomic E-state index is 0.118. The fraction of sp³-hybridized carbons (Fsp3) is 0.296. The number of aromatic nitrogens is 3. The number of anilines is 4. The number of rotatable bonds is 7. The molecule has 0 radical (unpaired) electrons. The molecule has 5 rings (SSSR count). The second-order valence-corrected chi connectivity index (χ2v) is 8.92. The summed E-state index contributed by atoms with van der Waals surface area (Å²) in [5.41, 5.74) is 4.70. The summed E-state index contributed by atoms with van der Waals surface area (Å²) in [5, 5.41) is 6.99. The Morgan fingerprint density at radius 3 is 2.81 bits per heavy atom. The number of methoxy groups -OCH3 is 1. The van der Waals surface area contributed by atoms with E-state index in [2.05, 4.69) is 25.2 Å². The van der Waals surface area contributed by atoms with Crippen molar-refractivity contribution >= 4 is 39.8 Å². The summed E-state index contributed by atoms with van der Waals surface area (Å²) in [6.45, 7) is 3.45. The van der Waals surface area contributed by atoms with Crippen molar-refractivity contribution in [1.29, 1.82) is 0 Å². The third kappa shape index (κ3) is 4.55. The number of para-hydroxylation sites is 1. The largest absolute Gasteiger partial charge is 0.494 e. The number of nitrogens with zero attached hydrogens (tertiary/aromatic N) is 4. The number of hydrogen-bond acceptors (Lipinski definition) is 7. The van der Waals surface area contributed by atoms with Gasteiger partial charge >= 0.3 is 0 Å². The molecule has 0 aliphatic carbocycles. The lowest BCUT2D eigenvalue weighted by atomic mass is 10.1. The van der Waals surface area contributed by atoms with E-state index in [1.54, 1.807) is 20.1 Å². The van der Waals surface area contributed by atoms with Crippen molar-refractivity contribution < 1.29 is 18.7 Å². The van der Waals surface area contributed by atoms with E-state index in [1.165, 1.54) is 0 Å². The Labute approximate surface area is 214 Å².